The molecule has 0 aromatic heterocycles. The van der Waals surface area contributed by atoms with Crippen molar-refractivity contribution < 1.29 is 24.6 Å². The van der Waals surface area contributed by atoms with Crippen LogP contribution >= 0.6 is 0 Å². The fourth-order valence-corrected chi connectivity index (χ4v) is 6.79. The fourth-order valence-electron chi connectivity index (χ4n) is 6.79. The summed E-state index contributed by atoms with van der Waals surface area (Å²) in [7, 11) is 0. The van der Waals surface area contributed by atoms with Crippen LogP contribution in [0.1, 0.15) is 82.2 Å². The Bertz CT molecular complexity index is 1430. The van der Waals surface area contributed by atoms with Gasteiger partial charge in [-0.2, -0.15) is 0 Å². The van der Waals surface area contributed by atoms with Gasteiger partial charge in [0.05, 0.1) is 5.57 Å². The summed E-state index contributed by atoms with van der Waals surface area (Å²) in [4.78, 5) is 39.9. The van der Waals surface area contributed by atoms with Gasteiger partial charge in [-0.1, -0.05) is 31.3 Å². The van der Waals surface area contributed by atoms with Gasteiger partial charge in [0.1, 0.15) is 5.76 Å². The molecule has 0 aliphatic heterocycles. The molecule has 0 unspecified atom stereocenters. The zero-order chi connectivity index (χ0) is 26.1. The van der Waals surface area contributed by atoms with E-state index >= 15 is 0 Å². The summed E-state index contributed by atoms with van der Waals surface area (Å²) in [6.07, 6.45) is 0.933. The van der Waals surface area contributed by atoms with Crippen LogP contribution in [-0.4, -0.2) is 33.2 Å². The predicted octanol–water partition coefficient (Wildman–Crippen LogP) is 4.16. The number of aliphatic hydroxyl groups is 2. The molecule has 0 bridgehead atoms. The van der Waals surface area contributed by atoms with Crippen LogP contribution in [0.25, 0.3) is 5.76 Å². The molecule has 5 nitrogen and oxygen atoms in total. The molecule has 0 spiro atoms. The summed E-state index contributed by atoms with van der Waals surface area (Å²) < 4.78 is 0. The number of hydrogen-bond acceptors (Lipinski definition) is 5. The van der Waals surface area contributed by atoms with Gasteiger partial charge >= 0.3 is 0 Å². The van der Waals surface area contributed by atoms with E-state index in [1.807, 2.05) is 19.9 Å². The quantitative estimate of drug-likeness (QED) is 0.365. The number of allylic oxidation sites excluding steroid dienone is 1. The standard InChI is InChI=1S/C30H30O5/c1-8-10-19-12-20(11-9-2)21-14-28(6)15-29(7)13-16(3)22(18(5)31)26(33)30(29,35)27(34)24(28)25(32)23(21)17(19)4/h12,32,35H,13-15H2,1-7H3/t28-,29+,30+/m1/s1. The van der Waals surface area contributed by atoms with Gasteiger partial charge in [-0.25, -0.2) is 0 Å². The number of Topliss-reactive ketones (excluding diaryl/α,β-unsaturated/α-hetero) is 3. The van der Waals surface area contributed by atoms with Crippen LogP contribution in [0, 0.1) is 41.4 Å². The van der Waals surface area contributed by atoms with E-state index < -0.39 is 33.8 Å². The van der Waals surface area contributed by atoms with Crippen molar-refractivity contribution in [2.75, 3.05) is 0 Å². The van der Waals surface area contributed by atoms with Crippen molar-refractivity contribution in [3.8, 4) is 23.7 Å². The lowest BCUT2D eigenvalue weighted by atomic mass is 9.46. The molecule has 35 heavy (non-hydrogen) atoms. The van der Waals surface area contributed by atoms with Crippen molar-refractivity contribution in [2.45, 2.75) is 73.3 Å². The zero-order valence-electron chi connectivity index (χ0n) is 21.3. The van der Waals surface area contributed by atoms with E-state index in [2.05, 4.69) is 23.7 Å². The molecular formula is C30H30O5. The Balaban J connectivity index is 2.06. The third-order valence-electron chi connectivity index (χ3n) is 8.06. The maximum absolute atomic E-state index is 14.1. The number of carbonyl (C=O) groups excluding carboxylic acids is 3. The van der Waals surface area contributed by atoms with Crippen LogP contribution in [0.15, 0.2) is 22.8 Å². The highest BCUT2D eigenvalue weighted by Crippen LogP contribution is 2.61. The van der Waals surface area contributed by atoms with Crippen LogP contribution in [0.5, 0.6) is 0 Å². The minimum Gasteiger partial charge on any atom is -0.507 e. The van der Waals surface area contributed by atoms with Crippen LogP contribution in [0.4, 0.5) is 0 Å². The van der Waals surface area contributed by atoms with Crippen molar-refractivity contribution in [2.24, 2.45) is 10.8 Å². The molecule has 5 heteroatoms. The summed E-state index contributed by atoms with van der Waals surface area (Å²) in [5.74, 6) is 9.58. The maximum atomic E-state index is 14.1. The molecule has 4 rings (SSSR count). The number of carbonyl (C=O) groups is 3. The molecule has 0 radical (unpaired) electrons. The maximum Gasteiger partial charge on any atom is 0.206 e. The number of ketones is 3. The second kappa shape index (κ2) is 7.80. The average molecular weight is 471 g/mol. The first kappa shape index (κ1) is 24.7. The normalized spacial score (nSPS) is 29.4. The SMILES string of the molecule is CC#Cc1cc(C#CC)c2c(c1C)C(O)=C1C(=O)[C@@]3(O)C(=O)C(C(C)=O)=C(C)C[C@@]3(C)C[C@@]1(C)C2. The number of fused-ring (bicyclic) bond motifs is 3. The highest BCUT2D eigenvalue weighted by Gasteiger charge is 2.69. The highest BCUT2D eigenvalue weighted by atomic mass is 16.3. The zero-order valence-corrected chi connectivity index (χ0v) is 21.3. The van der Waals surface area contributed by atoms with Gasteiger partial charge in [0.2, 0.25) is 11.6 Å². The molecule has 1 saturated carbocycles. The molecule has 180 valence electrons. The first-order chi connectivity index (χ1) is 16.3. The van der Waals surface area contributed by atoms with Gasteiger partial charge in [-0.3, -0.25) is 14.4 Å². The molecular weight excluding hydrogens is 440 g/mol. The van der Waals surface area contributed by atoms with E-state index in [1.165, 1.54) is 6.92 Å². The van der Waals surface area contributed by atoms with Crippen LogP contribution in [0.3, 0.4) is 0 Å². The summed E-state index contributed by atoms with van der Waals surface area (Å²) in [5.41, 5.74) is -0.409. The largest absolute Gasteiger partial charge is 0.507 e. The minimum atomic E-state index is -2.42. The molecule has 1 aromatic carbocycles. The Morgan fingerprint density at radius 3 is 2.17 bits per heavy atom. The molecule has 3 aliphatic rings. The molecule has 1 fully saturated rings. The fraction of sp³-hybridized carbons (Fsp3) is 0.433. The third-order valence-corrected chi connectivity index (χ3v) is 8.06. The lowest BCUT2D eigenvalue weighted by Gasteiger charge is -2.56. The van der Waals surface area contributed by atoms with E-state index in [0.717, 1.165) is 11.1 Å². The van der Waals surface area contributed by atoms with Crippen LogP contribution in [-0.2, 0) is 20.8 Å². The molecule has 3 aliphatic carbocycles. The van der Waals surface area contributed by atoms with Crippen molar-refractivity contribution in [3.05, 3.63) is 50.6 Å². The van der Waals surface area contributed by atoms with Gasteiger partial charge in [0, 0.05) is 33.1 Å². The first-order valence-corrected chi connectivity index (χ1v) is 11.8. The van der Waals surface area contributed by atoms with E-state index in [0.29, 0.717) is 28.7 Å². The third kappa shape index (κ3) is 3.12. The molecule has 2 N–H and O–H groups in total. The minimum absolute atomic E-state index is 0.0425. The second-order valence-electron chi connectivity index (χ2n) is 10.7. The highest BCUT2D eigenvalue weighted by molar-refractivity contribution is 6.33. The topological polar surface area (TPSA) is 91.7 Å². The Kier molecular flexibility index (Phi) is 5.51. The van der Waals surface area contributed by atoms with Crippen molar-refractivity contribution in [1.82, 2.24) is 0 Å². The first-order valence-electron chi connectivity index (χ1n) is 11.8. The Labute approximate surface area is 206 Å². The molecule has 0 heterocycles. The van der Waals surface area contributed by atoms with E-state index in [1.54, 1.807) is 27.7 Å². The van der Waals surface area contributed by atoms with Crippen molar-refractivity contribution in [3.63, 3.8) is 0 Å². The van der Waals surface area contributed by atoms with Crippen LogP contribution in [0.2, 0.25) is 0 Å². The van der Waals surface area contributed by atoms with E-state index in [9.17, 15) is 24.6 Å². The monoisotopic (exact) mass is 470 g/mol. The summed E-state index contributed by atoms with van der Waals surface area (Å²) >= 11 is 0. The average Bonchev–Trinajstić information content (AvgIpc) is 2.73. The summed E-state index contributed by atoms with van der Waals surface area (Å²) in [5, 5.41) is 23.4. The van der Waals surface area contributed by atoms with Gasteiger partial charge < -0.3 is 10.2 Å². The van der Waals surface area contributed by atoms with Crippen molar-refractivity contribution in [1.29, 1.82) is 0 Å². The Hall–Kier alpha value is -3.41. The Morgan fingerprint density at radius 2 is 1.60 bits per heavy atom. The lowest BCUT2D eigenvalue weighted by Crippen LogP contribution is -2.67. The number of hydrogen-bond donors (Lipinski definition) is 2. The van der Waals surface area contributed by atoms with E-state index in [-0.39, 0.29) is 29.7 Å². The van der Waals surface area contributed by atoms with Gasteiger partial charge in [0.25, 0.3) is 0 Å². The number of aliphatic hydroxyl groups excluding tert-OH is 1. The molecule has 0 amide bonds. The van der Waals surface area contributed by atoms with Crippen LogP contribution < -0.4 is 0 Å². The van der Waals surface area contributed by atoms with E-state index in [4.69, 9.17) is 0 Å². The lowest BCUT2D eigenvalue weighted by molar-refractivity contribution is -0.171. The molecule has 3 atom stereocenters. The van der Waals surface area contributed by atoms with Gasteiger partial charge in [-0.15, -0.1) is 11.8 Å². The molecule has 1 aromatic rings. The summed E-state index contributed by atoms with van der Waals surface area (Å²) in [6, 6.07) is 1.92. The second-order valence-corrected chi connectivity index (χ2v) is 10.7. The Morgan fingerprint density at radius 1 is 1.00 bits per heavy atom. The number of rotatable bonds is 1. The van der Waals surface area contributed by atoms with Gasteiger partial charge in [-0.05, 0) is 71.1 Å². The smallest absolute Gasteiger partial charge is 0.206 e. The molecule has 0 saturated heterocycles. The van der Waals surface area contributed by atoms with Crippen molar-refractivity contribution >= 4 is 23.1 Å². The van der Waals surface area contributed by atoms with Gasteiger partial charge in [0.15, 0.2) is 11.4 Å². The summed E-state index contributed by atoms with van der Waals surface area (Å²) in [6.45, 7) is 11.9. The number of benzene rings is 1. The predicted molar refractivity (Wildman–Crippen MR) is 133 cm³/mol.